The summed E-state index contributed by atoms with van der Waals surface area (Å²) in [5.74, 6) is -1.19. The number of benzene rings is 3. The summed E-state index contributed by atoms with van der Waals surface area (Å²) in [5, 5.41) is 0.479. The number of amides is 2. The Morgan fingerprint density at radius 1 is 0.724 bits per heavy atom. The molecule has 3 aliphatic carbocycles. The van der Waals surface area contributed by atoms with E-state index in [4.69, 9.17) is 11.6 Å². The highest BCUT2D eigenvalue weighted by Crippen LogP contribution is 2.61. The number of nitrogens with zero attached hydrogens (tertiary/aromatic N) is 1. The van der Waals surface area contributed by atoms with Gasteiger partial charge in [-0.2, -0.15) is 0 Å². The van der Waals surface area contributed by atoms with E-state index in [-0.39, 0.29) is 35.5 Å². The zero-order chi connectivity index (χ0) is 19.9. The van der Waals surface area contributed by atoms with Gasteiger partial charge in [-0.15, -0.1) is 0 Å². The van der Waals surface area contributed by atoms with Gasteiger partial charge in [0.15, 0.2) is 0 Å². The maximum absolute atomic E-state index is 13.6. The number of carbonyl (C=O) groups is 2. The Labute approximate surface area is 181 Å². The molecule has 5 heteroatoms. The fraction of sp³-hybridized carbons (Fsp3) is 0.167. The lowest BCUT2D eigenvalue weighted by atomic mass is 9.55. The first-order valence-electron chi connectivity index (χ1n) is 9.58. The Hall–Kier alpha value is -2.43. The number of rotatable bonds is 1. The van der Waals surface area contributed by atoms with Gasteiger partial charge >= 0.3 is 0 Å². The number of carbonyl (C=O) groups excluding carboxylic acids is 2. The van der Waals surface area contributed by atoms with Gasteiger partial charge in [0.2, 0.25) is 11.8 Å². The molecule has 2 atom stereocenters. The lowest BCUT2D eigenvalue weighted by molar-refractivity contribution is -0.122. The number of anilines is 1. The summed E-state index contributed by atoms with van der Waals surface area (Å²) in [4.78, 5) is 28.6. The van der Waals surface area contributed by atoms with Crippen LogP contribution in [0.3, 0.4) is 0 Å². The van der Waals surface area contributed by atoms with Crippen molar-refractivity contribution in [2.24, 2.45) is 11.8 Å². The third-order valence-corrected chi connectivity index (χ3v) is 7.84. The molecule has 2 bridgehead atoms. The fourth-order valence-electron chi connectivity index (χ4n) is 5.56. The monoisotopic (exact) mass is 463 g/mol. The summed E-state index contributed by atoms with van der Waals surface area (Å²) in [5.41, 5.74) is 5.24. The SMILES string of the molecule is O=C1[C@H]2C3c4ccccc4C(c4ccccc43)[C@@H]2C(=O)N1c1ccc(Br)c(Cl)c1. The van der Waals surface area contributed by atoms with E-state index >= 15 is 0 Å². The topological polar surface area (TPSA) is 37.4 Å². The summed E-state index contributed by atoms with van der Waals surface area (Å²) in [6.07, 6.45) is 0. The molecule has 0 saturated carbocycles. The van der Waals surface area contributed by atoms with Crippen molar-refractivity contribution in [2.75, 3.05) is 4.90 Å². The highest BCUT2D eigenvalue weighted by atomic mass is 79.9. The molecule has 3 nitrogen and oxygen atoms in total. The second-order valence-corrected chi connectivity index (χ2v) is 9.14. The van der Waals surface area contributed by atoms with Crippen LogP contribution in [0.25, 0.3) is 0 Å². The average molecular weight is 465 g/mol. The van der Waals surface area contributed by atoms with Crippen LogP contribution in [0, 0.1) is 11.8 Å². The number of imide groups is 1. The van der Waals surface area contributed by atoms with Crippen LogP contribution in [-0.4, -0.2) is 11.8 Å². The van der Waals surface area contributed by atoms with Crippen LogP contribution < -0.4 is 4.90 Å². The predicted octanol–water partition coefficient (Wildman–Crippen LogP) is 5.50. The summed E-state index contributed by atoms with van der Waals surface area (Å²) < 4.78 is 0.735. The number of hydrogen-bond acceptors (Lipinski definition) is 2. The molecule has 0 unspecified atom stereocenters. The van der Waals surface area contributed by atoms with E-state index < -0.39 is 0 Å². The molecule has 4 aliphatic rings. The van der Waals surface area contributed by atoms with Crippen molar-refractivity contribution >= 4 is 45.0 Å². The molecular formula is C24H15BrClNO2. The first-order chi connectivity index (χ1) is 14.1. The molecule has 142 valence electrons. The average Bonchev–Trinajstić information content (AvgIpc) is 3.01. The van der Waals surface area contributed by atoms with Gasteiger partial charge in [-0.25, -0.2) is 4.90 Å². The Kier molecular flexibility index (Phi) is 3.63. The van der Waals surface area contributed by atoms with Crippen LogP contribution in [0.5, 0.6) is 0 Å². The molecule has 0 N–H and O–H groups in total. The van der Waals surface area contributed by atoms with Gasteiger partial charge in [0.25, 0.3) is 0 Å². The van der Waals surface area contributed by atoms with E-state index in [0.717, 1.165) is 4.47 Å². The van der Waals surface area contributed by atoms with Crippen LogP contribution in [0.2, 0.25) is 5.02 Å². The smallest absolute Gasteiger partial charge is 0.238 e. The summed E-state index contributed by atoms with van der Waals surface area (Å²) in [6, 6.07) is 21.7. The Morgan fingerprint density at radius 3 is 1.59 bits per heavy atom. The van der Waals surface area contributed by atoms with Crippen LogP contribution in [0.4, 0.5) is 5.69 Å². The van der Waals surface area contributed by atoms with E-state index in [2.05, 4.69) is 40.2 Å². The van der Waals surface area contributed by atoms with Crippen LogP contribution in [0.15, 0.2) is 71.2 Å². The standard InChI is InChI=1S/C24H15BrClNO2/c25-17-10-9-12(11-18(17)26)27-23(28)21-19-13-5-1-2-6-14(13)20(22(21)24(27)29)16-8-4-3-7-15(16)19/h1-11,19-22H/t19?,20?,21-,22-/m0/s1. The third kappa shape index (κ3) is 2.19. The van der Waals surface area contributed by atoms with Crippen molar-refractivity contribution in [2.45, 2.75) is 11.8 Å². The van der Waals surface area contributed by atoms with Gasteiger partial charge in [-0.1, -0.05) is 60.1 Å². The van der Waals surface area contributed by atoms with E-state index in [1.165, 1.54) is 27.2 Å². The summed E-state index contributed by atoms with van der Waals surface area (Å²) >= 11 is 9.64. The van der Waals surface area contributed by atoms with Crippen molar-refractivity contribution in [3.8, 4) is 0 Å². The minimum Gasteiger partial charge on any atom is -0.274 e. The van der Waals surface area contributed by atoms with Gasteiger partial charge in [0.05, 0.1) is 22.5 Å². The van der Waals surface area contributed by atoms with Crippen molar-refractivity contribution < 1.29 is 9.59 Å². The molecular weight excluding hydrogens is 450 g/mol. The first kappa shape index (κ1) is 17.4. The van der Waals surface area contributed by atoms with Crippen molar-refractivity contribution in [3.05, 3.63) is 98.5 Å². The normalized spacial score (nSPS) is 26.3. The molecule has 7 rings (SSSR count). The molecule has 0 aromatic heterocycles. The maximum atomic E-state index is 13.6. The summed E-state index contributed by atoms with van der Waals surface area (Å²) in [7, 11) is 0. The minimum atomic E-state index is -0.375. The van der Waals surface area contributed by atoms with E-state index in [9.17, 15) is 9.59 Å². The number of halogens is 2. The largest absolute Gasteiger partial charge is 0.274 e. The molecule has 3 aromatic carbocycles. The van der Waals surface area contributed by atoms with E-state index in [0.29, 0.717) is 10.7 Å². The predicted molar refractivity (Wildman–Crippen MR) is 115 cm³/mol. The number of hydrogen-bond donors (Lipinski definition) is 0. The van der Waals surface area contributed by atoms with Crippen molar-refractivity contribution in [3.63, 3.8) is 0 Å². The Bertz CT molecular complexity index is 1110. The Morgan fingerprint density at radius 2 is 1.17 bits per heavy atom. The maximum Gasteiger partial charge on any atom is 0.238 e. The molecule has 29 heavy (non-hydrogen) atoms. The molecule has 1 aliphatic heterocycles. The minimum absolute atomic E-state index is 0.0928. The molecule has 3 aromatic rings. The lowest BCUT2D eigenvalue weighted by Crippen LogP contribution is -2.41. The molecule has 1 heterocycles. The Balaban J connectivity index is 1.56. The highest BCUT2D eigenvalue weighted by Gasteiger charge is 2.61. The first-order valence-corrected chi connectivity index (χ1v) is 10.8. The zero-order valence-corrected chi connectivity index (χ0v) is 17.5. The third-order valence-electron chi connectivity index (χ3n) is 6.61. The molecule has 0 spiro atoms. The van der Waals surface area contributed by atoms with Gasteiger partial charge in [0, 0.05) is 16.3 Å². The van der Waals surface area contributed by atoms with Gasteiger partial charge < -0.3 is 0 Å². The second kappa shape index (κ2) is 6.04. The summed E-state index contributed by atoms with van der Waals surface area (Å²) in [6.45, 7) is 0. The van der Waals surface area contributed by atoms with Crippen LogP contribution >= 0.6 is 27.5 Å². The quantitative estimate of drug-likeness (QED) is 0.446. The lowest BCUT2D eigenvalue weighted by Gasteiger charge is -2.45. The van der Waals surface area contributed by atoms with Crippen molar-refractivity contribution in [1.29, 1.82) is 0 Å². The van der Waals surface area contributed by atoms with E-state index in [1.54, 1.807) is 18.2 Å². The van der Waals surface area contributed by atoms with Crippen LogP contribution in [0.1, 0.15) is 34.1 Å². The molecule has 1 fully saturated rings. The molecule has 0 radical (unpaired) electrons. The fourth-order valence-corrected chi connectivity index (χ4v) is 5.98. The van der Waals surface area contributed by atoms with Crippen LogP contribution in [-0.2, 0) is 9.59 Å². The molecule has 2 amide bonds. The molecule has 1 saturated heterocycles. The van der Waals surface area contributed by atoms with Gasteiger partial charge in [0.1, 0.15) is 0 Å². The van der Waals surface area contributed by atoms with Crippen molar-refractivity contribution in [1.82, 2.24) is 0 Å². The van der Waals surface area contributed by atoms with Gasteiger partial charge in [-0.05, 0) is 56.4 Å². The van der Waals surface area contributed by atoms with Gasteiger partial charge in [-0.3, -0.25) is 9.59 Å². The van der Waals surface area contributed by atoms with E-state index in [1.807, 2.05) is 24.3 Å². The second-order valence-electron chi connectivity index (χ2n) is 7.88. The zero-order valence-electron chi connectivity index (χ0n) is 15.2. The highest BCUT2D eigenvalue weighted by molar-refractivity contribution is 9.10.